The van der Waals surface area contributed by atoms with Crippen LogP contribution in [0.4, 0.5) is 5.69 Å². The van der Waals surface area contributed by atoms with E-state index in [0.717, 1.165) is 12.1 Å². The highest BCUT2D eigenvalue weighted by Crippen LogP contribution is 2.35. The van der Waals surface area contributed by atoms with Crippen LogP contribution in [0.25, 0.3) is 0 Å². The number of piperidine rings is 1. The van der Waals surface area contributed by atoms with Gasteiger partial charge in [0.2, 0.25) is 0 Å². The molecule has 1 N–H and O–H groups in total. The van der Waals surface area contributed by atoms with Gasteiger partial charge in [-0.2, -0.15) is 0 Å². The lowest BCUT2D eigenvalue weighted by atomic mass is 9.83. The van der Waals surface area contributed by atoms with Gasteiger partial charge in [-0.05, 0) is 48.7 Å². The number of nitrogens with one attached hydrogen (secondary N) is 1. The van der Waals surface area contributed by atoms with Crippen molar-refractivity contribution < 1.29 is 19.1 Å². The number of hydrogen-bond acceptors (Lipinski definition) is 5. The molecule has 35 heavy (non-hydrogen) atoms. The second-order valence-electron chi connectivity index (χ2n) is 8.94. The number of likely N-dealkylation sites (tertiary alicyclic amines) is 1. The molecule has 8 nitrogen and oxygen atoms in total. The fraction of sp³-hybridized carbons (Fsp3) is 0.296. The quantitative estimate of drug-likeness (QED) is 0.570. The lowest BCUT2D eigenvalue weighted by Gasteiger charge is -2.42. The Hall–Kier alpha value is -4.07. The molecule has 2 aromatic carbocycles. The first-order valence-corrected chi connectivity index (χ1v) is 11.7. The number of amides is 2. The van der Waals surface area contributed by atoms with Crippen LogP contribution in [0.2, 0.25) is 0 Å². The molecule has 5 rings (SSSR count). The topological polar surface area (TPSA) is 89.9 Å². The van der Waals surface area contributed by atoms with Crippen molar-refractivity contribution in [3.63, 3.8) is 0 Å². The van der Waals surface area contributed by atoms with Crippen molar-refractivity contribution in [1.82, 2.24) is 9.47 Å². The molecule has 3 aromatic rings. The number of anilines is 1. The zero-order valence-electron chi connectivity index (χ0n) is 19.3. The molecule has 2 aliphatic heterocycles. The summed E-state index contributed by atoms with van der Waals surface area (Å²) < 4.78 is 12.8. The average molecular weight is 474 g/mol. The molecule has 2 aliphatic rings. The number of hydrogen-bond donors (Lipinski definition) is 1. The van der Waals surface area contributed by atoms with Crippen molar-refractivity contribution in [2.24, 2.45) is 5.92 Å². The number of rotatable bonds is 7. The second kappa shape index (κ2) is 10.0. The van der Waals surface area contributed by atoms with Crippen molar-refractivity contribution in [2.45, 2.75) is 18.9 Å². The predicted octanol–water partition coefficient (Wildman–Crippen LogP) is 2.89. The number of carbonyl (C=O) groups excluding carboxylic acids is 2. The Bertz CT molecular complexity index is 1260. The smallest absolute Gasteiger partial charge is 0.274 e. The van der Waals surface area contributed by atoms with E-state index in [-0.39, 0.29) is 42.2 Å². The normalized spacial score (nSPS) is 18.3. The van der Waals surface area contributed by atoms with Gasteiger partial charge in [-0.3, -0.25) is 14.4 Å². The summed E-state index contributed by atoms with van der Waals surface area (Å²) in [5.41, 5.74) is 0.906. The fourth-order valence-electron chi connectivity index (χ4n) is 4.85. The summed E-state index contributed by atoms with van der Waals surface area (Å²) in [6.45, 7) is 1.45. The van der Waals surface area contributed by atoms with E-state index >= 15 is 0 Å². The van der Waals surface area contributed by atoms with Gasteiger partial charge in [0.05, 0.1) is 0 Å². The maximum atomic E-state index is 13.1. The van der Waals surface area contributed by atoms with Crippen molar-refractivity contribution in [2.75, 3.05) is 31.6 Å². The van der Waals surface area contributed by atoms with Crippen LogP contribution in [-0.2, 0) is 16.1 Å². The number of para-hydroxylation sites is 2. The summed E-state index contributed by atoms with van der Waals surface area (Å²) in [5, 5.41) is 2.68. The molecule has 0 unspecified atom stereocenters. The summed E-state index contributed by atoms with van der Waals surface area (Å²) in [6, 6.07) is 21.9. The number of fused-ring (bicyclic) bond motifs is 4. The van der Waals surface area contributed by atoms with Crippen molar-refractivity contribution in [3.05, 3.63) is 88.8 Å². The van der Waals surface area contributed by atoms with E-state index in [1.807, 2.05) is 59.5 Å². The first kappa shape index (κ1) is 22.7. The van der Waals surface area contributed by atoms with Gasteiger partial charge in [0.1, 0.15) is 17.2 Å². The molecule has 2 amide bonds. The number of pyridine rings is 1. The molecule has 2 atom stereocenters. The number of benzene rings is 2. The van der Waals surface area contributed by atoms with Crippen LogP contribution >= 0.6 is 0 Å². The average Bonchev–Trinajstić information content (AvgIpc) is 2.89. The molecule has 8 heteroatoms. The van der Waals surface area contributed by atoms with Gasteiger partial charge in [-0.25, -0.2) is 0 Å². The summed E-state index contributed by atoms with van der Waals surface area (Å²) in [5.74, 6) is 1.05. The Morgan fingerprint density at radius 2 is 1.49 bits per heavy atom. The Kier molecular flexibility index (Phi) is 6.52. The fourth-order valence-corrected chi connectivity index (χ4v) is 4.85. The highest BCUT2D eigenvalue weighted by Gasteiger charge is 2.36. The molecule has 1 fully saturated rings. The Labute approximate surface area is 203 Å². The SMILES string of the molecule is O=C(COc1ccccc1)Nc1ccc2n(c1=O)C[C@@H]1C[C@@H]2CN(C(=O)COc2ccccc2)C1. The molecule has 0 spiro atoms. The molecule has 1 saturated heterocycles. The first-order chi connectivity index (χ1) is 17.1. The summed E-state index contributed by atoms with van der Waals surface area (Å²) in [6.07, 6.45) is 0.930. The van der Waals surface area contributed by atoms with E-state index in [1.54, 1.807) is 22.8 Å². The minimum atomic E-state index is -0.391. The first-order valence-electron chi connectivity index (χ1n) is 11.7. The molecule has 1 aromatic heterocycles. The maximum absolute atomic E-state index is 13.1. The van der Waals surface area contributed by atoms with Gasteiger partial charge < -0.3 is 24.3 Å². The van der Waals surface area contributed by atoms with Gasteiger partial charge in [0.15, 0.2) is 13.2 Å². The second-order valence-corrected chi connectivity index (χ2v) is 8.94. The molecule has 180 valence electrons. The molecule has 0 aliphatic carbocycles. The molecular weight excluding hydrogens is 446 g/mol. The lowest BCUT2D eigenvalue weighted by molar-refractivity contribution is -0.136. The van der Waals surface area contributed by atoms with Crippen LogP contribution in [0.3, 0.4) is 0 Å². The van der Waals surface area contributed by atoms with Gasteiger partial charge >= 0.3 is 0 Å². The van der Waals surface area contributed by atoms with Crippen LogP contribution in [0.5, 0.6) is 11.5 Å². The number of nitrogens with zero attached hydrogens (tertiary/aromatic N) is 2. The van der Waals surface area contributed by atoms with Gasteiger partial charge in [0.25, 0.3) is 17.4 Å². The molecule has 3 heterocycles. The Morgan fingerprint density at radius 3 is 2.17 bits per heavy atom. The summed E-state index contributed by atoms with van der Waals surface area (Å²) >= 11 is 0. The van der Waals surface area contributed by atoms with E-state index in [9.17, 15) is 14.4 Å². The minimum Gasteiger partial charge on any atom is -0.484 e. The number of ether oxygens (including phenoxy) is 2. The third-order valence-corrected chi connectivity index (χ3v) is 6.45. The monoisotopic (exact) mass is 473 g/mol. The third kappa shape index (κ3) is 5.21. The van der Waals surface area contributed by atoms with Crippen LogP contribution < -0.4 is 20.3 Å². The van der Waals surface area contributed by atoms with Gasteiger partial charge in [0, 0.05) is 31.2 Å². The standard InChI is InChI=1S/C27H27N3O5/c31-25(17-34-21-7-3-1-4-8-21)28-23-11-12-24-20-13-19(15-30(24)27(23)33)14-29(16-20)26(32)18-35-22-9-5-2-6-10-22/h1-12,19-20H,13-18H2,(H,28,31)/t19-,20-/m1/s1. The van der Waals surface area contributed by atoms with E-state index in [4.69, 9.17) is 9.47 Å². The largest absolute Gasteiger partial charge is 0.484 e. The van der Waals surface area contributed by atoms with Crippen LogP contribution in [0.15, 0.2) is 77.6 Å². The third-order valence-electron chi connectivity index (χ3n) is 6.45. The van der Waals surface area contributed by atoms with Crippen molar-refractivity contribution in [1.29, 1.82) is 0 Å². The van der Waals surface area contributed by atoms with E-state index in [2.05, 4.69) is 5.32 Å². The number of aromatic nitrogens is 1. The lowest BCUT2D eigenvalue weighted by Crippen LogP contribution is -2.50. The van der Waals surface area contributed by atoms with Gasteiger partial charge in [-0.1, -0.05) is 36.4 Å². The van der Waals surface area contributed by atoms with Crippen molar-refractivity contribution in [3.8, 4) is 11.5 Å². The molecular formula is C27H27N3O5. The zero-order valence-corrected chi connectivity index (χ0v) is 19.3. The predicted molar refractivity (Wildman–Crippen MR) is 131 cm³/mol. The highest BCUT2D eigenvalue weighted by atomic mass is 16.5. The molecule has 2 bridgehead atoms. The Balaban J connectivity index is 1.22. The minimum absolute atomic E-state index is 0.00766. The maximum Gasteiger partial charge on any atom is 0.274 e. The van der Waals surface area contributed by atoms with Crippen LogP contribution in [-0.4, -0.2) is 47.6 Å². The molecule has 0 saturated carbocycles. The van der Waals surface area contributed by atoms with E-state index < -0.39 is 5.91 Å². The van der Waals surface area contributed by atoms with Crippen molar-refractivity contribution >= 4 is 17.5 Å². The van der Waals surface area contributed by atoms with E-state index in [0.29, 0.717) is 31.1 Å². The van der Waals surface area contributed by atoms with Crippen LogP contribution in [0.1, 0.15) is 18.0 Å². The summed E-state index contributed by atoms with van der Waals surface area (Å²) in [7, 11) is 0. The zero-order chi connectivity index (χ0) is 24.2. The van der Waals surface area contributed by atoms with E-state index in [1.165, 1.54) is 0 Å². The number of carbonyl (C=O) groups is 2. The van der Waals surface area contributed by atoms with Crippen LogP contribution in [0, 0.1) is 5.92 Å². The Morgan fingerprint density at radius 1 is 0.829 bits per heavy atom. The van der Waals surface area contributed by atoms with Gasteiger partial charge in [-0.15, -0.1) is 0 Å². The molecule has 0 radical (unpaired) electrons. The summed E-state index contributed by atoms with van der Waals surface area (Å²) in [4.78, 5) is 40.1. The highest BCUT2D eigenvalue weighted by molar-refractivity contribution is 5.91.